The lowest BCUT2D eigenvalue weighted by atomic mass is 10.1. The molecule has 2 heteroatoms. The summed E-state index contributed by atoms with van der Waals surface area (Å²) in [6.07, 6.45) is 7.09. The highest BCUT2D eigenvalue weighted by Crippen LogP contribution is 2.10. The second-order valence-corrected chi connectivity index (χ2v) is 3.10. The van der Waals surface area contributed by atoms with Gasteiger partial charge < -0.3 is 0 Å². The number of hydrogen-bond acceptors (Lipinski definition) is 1. The van der Waals surface area contributed by atoms with Crippen molar-refractivity contribution in [3.63, 3.8) is 0 Å². The van der Waals surface area contributed by atoms with Gasteiger partial charge in [0.1, 0.15) is 0 Å². The van der Waals surface area contributed by atoms with Gasteiger partial charge in [-0.1, -0.05) is 13.0 Å². The standard InChI is InChI=1S/C11H16N2/c1-4-6-12-11-10(5-2)7-9(3)8-13-11/h5,7-8H,4,6H2,1-3H3/b10-5-,12-11?. The highest BCUT2D eigenvalue weighted by molar-refractivity contribution is 6.10. The molecule has 0 saturated carbocycles. The predicted octanol–water partition coefficient (Wildman–Crippen LogP) is 2.77. The van der Waals surface area contributed by atoms with Crippen molar-refractivity contribution in [3.8, 4) is 0 Å². The van der Waals surface area contributed by atoms with E-state index in [0.717, 1.165) is 24.4 Å². The molecule has 13 heavy (non-hydrogen) atoms. The van der Waals surface area contributed by atoms with Gasteiger partial charge in [-0.05, 0) is 31.9 Å². The summed E-state index contributed by atoms with van der Waals surface area (Å²) in [5.41, 5.74) is 2.32. The van der Waals surface area contributed by atoms with Crippen molar-refractivity contribution in [2.24, 2.45) is 9.98 Å². The third-order valence-corrected chi connectivity index (χ3v) is 1.83. The molecule has 0 atom stereocenters. The number of rotatable bonds is 2. The Bertz CT molecular complexity index is 293. The molecule has 0 aromatic carbocycles. The molecule has 0 N–H and O–H groups in total. The SMILES string of the molecule is C/C=C1/C=C(C)C=NC1=NCCC. The quantitative estimate of drug-likeness (QED) is 0.618. The summed E-state index contributed by atoms with van der Waals surface area (Å²) in [4.78, 5) is 8.68. The molecule has 1 aliphatic rings. The van der Waals surface area contributed by atoms with Gasteiger partial charge in [0.15, 0.2) is 5.84 Å². The van der Waals surface area contributed by atoms with Crippen LogP contribution in [0, 0.1) is 0 Å². The average Bonchev–Trinajstić information content (AvgIpc) is 2.16. The number of hydrogen-bond donors (Lipinski definition) is 0. The molecule has 1 rings (SSSR count). The van der Waals surface area contributed by atoms with Crippen molar-refractivity contribution in [1.29, 1.82) is 0 Å². The fraction of sp³-hybridized carbons (Fsp3) is 0.455. The largest absolute Gasteiger partial charge is 0.266 e. The Labute approximate surface area is 79.8 Å². The van der Waals surface area contributed by atoms with Gasteiger partial charge in [-0.15, -0.1) is 0 Å². The molecule has 2 nitrogen and oxygen atoms in total. The summed E-state index contributed by atoms with van der Waals surface area (Å²) in [6.45, 7) is 7.04. The molecule has 70 valence electrons. The average molecular weight is 176 g/mol. The Hall–Kier alpha value is -1.18. The van der Waals surface area contributed by atoms with E-state index < -0.39 is 0 Å². The molecule has 0 amide bonds. The summed E-state index contributed by atoms with van der Waals surface area (Å²) in [7, 11) is 0. The van der Waals surface area contributed by atoms with Crippen LogP contribution < -0.4 is 0 Å². The van der Waals surface area contributed by atoms with Crippen LogP contribution in [0.1, 0.15) is 27.2 Å². The molecule has 0 aromatic heterocycles. The van der Waals surface area contributed by atoms with Gasteiger partial charge in [-0.25, -0.2) is 4.99 Å². The first-order valence-electron chi connectivity index (χ1n) is 4.71. The van der Waals surface area contributed by atoms with E-state index >= 15 is 0 Å². The summed E-state index contributed by atoms with van der Waals surface area (Å²) in [6, 6.07) is 0. The van der Waals surface area contributed by atoms with Gasteiger partial charge in [-0.2, -0.15) is 0 Å². The molecule has 0 aromatic rings. The van der Waals surface area contributed by atoms with Crippen molar-refractivity contribution in [2.75, 3.05) is 6.54 Å². The van der Waals surface area contributed by atoms with E-state index in [2.05, 4.69) is 29.1 Å². The maximum absolute atomic E-state index is 4.39. The molecule has 0 radical (unpaired) electrons. The fourth-order valence-electron chi connectivity index (χ4n) is 1.15. The van der Waals surface area contributed by atoms with Gasteiger partial charge in [0.25, 0.3) is 0 Å². The lowest BCUT2D eigenvalue weighted by Crippen LogP contribution is -2.05. The van der Waals surface area contributed by atoms with Crippen molar-refractivity contribution < 1.29 is 0 Å². The van der Waals surface area contributed by atoms with Crippen LogP contribution in [0.4, 0.5) is 0 Å². The zero-order chi connectivity index (χ0) is 9.68. The first-order chi connectivity index (χ1) is 6.27. The summed E-state index contributed by atoms with van der Waals surface area (Å²) >= 11 is 0. The number of nitrogens with zero attached hydrogens (tertiary/aromatic N) is 2. The minimum atomic E-state index is 0.858. The maximum atomic E-state index is 4.39. The van der Waals surface area contributed by atoms with Crippen molar-refractivity contribution >= 4 is 12.1 Å². The molecule has 0 unspecified atom stereocenters. The lowest BCUT2D eigenvalue weighted by Gasteiger charge is -2.07. The monoisotopic (exact) mass is 176 g/mol. The van der Waals surface area contributed by atoms with Crippen molar-refractivity contribution in [1.82, 2.24) is 0 Å². The normalized spacial score (nSPS) is 22.5. The van der Waals surface area contributed by atoms with E-state index in [1.807, 2.05) is 20.1 Å². The molecular weight excluding hydrogens is 160 g/mol. The lowest BCUT2D eigenvalue weighted by molar-refractivity contribution is 0.930. The van der Waals surface area contributed by atoms with Crippen LogP contribution in [-0.2, 0) is 0 Å². The third kappa shape index (κ3) is 2.65. The van der Waals surface area contributed by atoms with E-state index in [-0.39, 0.29) is 0 Å². The van der Waals surface area contributed by atoms with Gasteiger partial charge >= 0.3 is 0 Å². The zero-order valence-electron chi connectivity index (χ0n) is 8.54. The molecule has 0 bridgehead atoms. The van der Waals surface area contributed by atoms with Gasteiger partial charge in [0.2, 0.25) is 0 Å². The molecule has 0 aliphatic carbocycles. The number of dihydropyridines is 1. The smallest absolute Gasteiger partial charge is 0.154 e. The third-order valence-electron chi connectivity index (χ3n) is 1.83. The highest BCUT2D eigenvalue weighted by atomic mass is 14.9. The van der Waals surface area contributed by atoms with Crippen LogP contribution in [0.25, 0.3) is 0 Å². The van der Waals surface area contributed by atoms with E-state index in [0.29, 0.717) is 0 Å². The molecule has 1 heterocycles. The van der Waals surface area contributed by atoms with Gasteiger partial charge in [0, 0.05) is 18.3 Å². The first kappa shape index (κ1) is 9.90. The topological polar surface area (TPSA) is 24.7 Å². The van der Waals surface area contributed by atoms with Crippen LogP contribution in [0.15, 0.2) is 33.3 Å². The minimum Gasteiger partial charge on any atom is -0.266 e. The number of allylic oxidation sites excluding steroid dienone is 2. The Morgan fingerprint density at radius 1 is 1.54 bits per heavy atom. The van der Waals surface area contributed by atoms with E-state index in [1.54, 1.807) is 0 Å². The minimum absolute atomic E-state index is 0.858. The molecule has 0 saturated heterocycles. The van der Waals surface area contributed by atoms with E-state index in [4.69, 9.17) is 0 Å². The van der Waals surface area contributed by atoms with Crippen LogP contribution >= 0.6 is 0 Å². The molecule has 1 aliphatic heterocycles. The Kier molecular flexibility index (Phi) is 3.62. The van der Waals surface area contributed by atoms with Crippen molar-refractivity contribution in [2.45, 2.75) is 27.2 Å². The second-order valence-electron chi connectivity index (χ2n) is 3.10. The first-order valence-corrected chi connectivity index (χ1v) is 4.71. The summed E-state index contributed by atoms with van der Waals surface area (Å²) < 4.78 is 0. The zero-order valence-corrected chi connectivity index (χ0v) is 8.54. The van der Waals surface area contributed by atoms with E-state index in [9.17, 15) is 0 Å². The summed E-state index contributed by atoms with van der Waals surface area (Å²) in [5.74, 6) is 0.870. The molecule has 0 fully saturated rings. The van der Waals surface area contributed by atoms with Crippen LogP contribution in [0.3, 0.4) is 0 Å². The van der Waals surface area contributed by atoms with Crippen LogP contribution in [0.5, 0.6) is 0 Å². The van der Waals surface area contributed by atoms with Gasteiger partial charge in [0.05, 0.1) is 0 Å². The summed E-state index contributed by atoms with van der Waals surface area (Å²) in [5, 5.41) is 0. The fourth-order valence-corrected chi connectivity index (χ4v) is 1.15. The number of aliphatic imine (C=N–C) groups is 2. The van der Waals surface area contributed by atoms with Crippen LogP contribution in [-0.4, -0.2) is 18.6 Å². The molecule has 0 spiro atoms. The number of amidine groups is 1. The van der Waals surface area contributed by atoms with E-state index in [1.165, 1.54) is 5.57 Å². The Morgan fingerprint density at radius 2 is 2.31 bits per heavy atom. The van der Waals surface area contributed by atoms with Crippen molar-refractivity contribution in [3.05, 3.63) is 23.3 Å². The Balaban J connectivity index is 2.84. The predicted molar refractivity (Wildman–Crippen MR) is 58.6 cm³/mol. The molecular formula is C11H16N2. The highest BCUT2D eigenvalue weighted by Gasteiger charge is 2.05. The maximum Gasteiger partial charge on any atom is 0.154 e. The second kappa shape index (κ2) is 4.75. The Morgan fingerprint density at radius 3 is 2.92 bits per heavy atom. The van der Waals surface area contributed by atoms with Crippen LogP contribution in [0.2, 0.25) is 0 Å². The van der Waals surface area contributed by atoms with Gasteiger partial charge in [-0.3, -0.25) is 4.99 Å².